The number of hydrogen-bond donors (Lipinski definition) is 3. The quantitative estimate of drug-likeness (QED) is 0.468. The molecule has 4 N–H and O–H groups in total. The van der Waals surface area contributed by atoms with Gasteiger partial charge in [0.15, 0.2) is 0 Å². The zero-order chi connectivity index (χ0) is 5.91. The highest BCUT2D eigenvalue weighted by atomic mass is 35.5. The minimum atomic E-state index is -1.08. The normalized spacial score (nSPS) is 16.5. The van der Waals surface area contributed by atoms with Crippen molar-refractivity contribution in [1.82, 2.24) is 0 Å². The highest BCUT2D eigenvalue weighted by Crippen LogP contribution is 1.94. The van der Waals surface area contributed by atoms with Crippen LogP contribution in [0.25, 0.3) is 0 Å². The topological polar surface area (TPSA) is 66.5 Å². The summed E-state index contributed by atoms with van der Waals surface area (Å²) in [6.07, 6.45) is 0. The molecule has 0 aliphatic rings. The first kappa shape index (κ1) is 11.0. The highest BCUT2D eigenvalue weighted by molar-refractivity contribution is 5.85. The lowest BCUT2D eigenvalue weighted by atomic mass is 10.1. The van der Waals surface area contributed by atoms with Gasteiger partial charge < -0.3 is 15.9 Å². The van der Waals surface area contributed by atoms with E-state index in [1.165, 1.54) is 6.92 Å². The third-order valence-electron chi connectivity index (χ3n) is 0.780. The molecule has 0 saturated carbocycles. The van der Waals surface area contributed by atoms with Crippen LogP contribution in [0, 0.1) is 0 Å². The summed E-state index contributed by atoms with van der Waals surface area (Å²) >= 11 is 0. The van der Waals surface area contributed by atoms with Gasteiger partial charge in [-0.05, 0) is 6.92 Å². The second-order valence-electron chi connectivity index (χ2n) is 1.86. The Bertz CT molecular complexity index is 52.0. The Morgan fingerprint density at radius 3 is 2.00 bits per heavy atom. The Kier molecular flexibility index (Phi) is 5.64. The van der Waals surface area contributed by atoms with Crippen molar-refractivity contribution in [2.75, 3.05) is 13.2 Å². The summed E-state index contributed by atoms with van der Waals surface area (Å²) in [4.78, 5) is 0. The Morgan fingerprint density at radius 1 is 1.62 bits per heavy atom. The Labute approximate surface area is 54.9 Å². The van der Waals surface area contributed by atoms with E-state index in [0.717, 1.165) is 0 Å². The van der Waals surface area contributed by atoms with Crippen molar-refractivity contribution in [2.24, 2.45) is 5.73 Å². The van der Waals surface area contributed by atoms with E-state index in [4.69, 9.17) is 15.9 Å². The average molecular weight is 142 g/mol. The second kappa shape index (κ2) is 4.09. The first-order valence-corrected chi connectivity index (χ1v) is 2.16. The van der Waals surface area contributed by atoms with Crippen molar-refractivity contribution < 1.29 is 10.2 Å². The number of aliphatic hydroxyl groups is 2. The molecule has 0 aliphatic carbocycles. The van der Waals surface area contributed by atoms with Crippen LogP contribution in [-0.4, -0.2) is 29.0 Å². The molecule has 1 atom stereocenters. The van der Waals surface area contributed by atoms with Crippen LogP contribution in [0.2, 0.25) is 0 Å². The van der Waals surface area contributed by atoms with Crippen LogP contribution >= 0.6 is 12.4 Å². The standard InChI is InChI=1S/C4H11NO2.ClH/c1-4(7,2-5)3-6;/h6-7H,2-3,5H2,1H3;1H. The van der Waals surface area contributed by atoms with Crippen molar-refractivity contribution in [3.8, 4) is 0 Å². The molecule has 0 bridgehead atoms. The van der Waals surface area contributed by atoms with E-state index in [-0.39, 0.29) is 25.6 Å². The first-order chi connectivity index (χ1) is 3.12. The Morgan fingerprint density at radius 2 is 2.00 bits per heavy atom. The Balaban J connectivity index is 0. The highest BCUT2D eigenvalue weighted by Gasteiger charge is 2.14. The number of rotatable bonds is 2. The summed E-state index contributed by atoms with van der Waals surface area (Å²) in [6, 6.07) is 0. The molecule has 0 aromatic heterocycles. The Hall–Kier alpha value is 0.170. The van der Waals surface area contributed by atoms with Gasteiger partial charge in [0.05, 0.1) is 12.2 Å². The fraction of sp³-hybridized carbons (Fsp3) is 1.00. The molecule has 52 valence electrons. The van der Waals surface area contributed by atoms with Gasteiger partial charge >= 0.3 is 0 Å². The van der Waals surface area contributed by atoms with Crippen molar-refractivity contribution in [3.05, 3.63) is 0 Å². The monoisotopic (exact) mass is 141 g/mol. The van der Waals surface area contributed by atoms with Crippen LogP contribution in [0.4, 0.5) is 0 Å². The molecule has 0 spiro atoms. The molecule has 0 aromatic carbocycles. The fourth-order valence-corrected chi connectivity index (χ4v) is 0.0645. The minimum absolute atomic E-state index is 0. The molecule has 0 aliphatic heterocycles. The van der Waals surface area contributed by atoms with Crippen molar-refractivity contribution in [3.63, 3.8) is 0 Å². The van der Waals surface area contributed by atoms with Crippen molar-refractivity contribution in [2.45, 2.75) is 12.5 Å². The van der Waals surface area contributed by atoms with Crippen LogP contribution < -0.4 is 5.73 Å². The molecular formula is C4H12ClNO2. The van der Waals surface area contributed by atoms with E-state index >= 15 is 0 Å². The third kappa shape index (κ3) is 4.33. The molecule has 1 unspecified atom stereocenters. The SMILES string of the molecule is CC(O)(CN)CO.Cl. The van der Waals surface area contributed by atoms with Crippen molar-refractivity contribution >= 4 is 12.4 Å². The minimum Gasteiger partial charge on any atom is -0.393 e. The van der Waals surface area contributed by atoms with Gasteiger partial charge in [0.25, 0.3) is 0 Å². The van der Waals surface area contributed by atoms with Gasteiger partial charge in [-0.2, -0.15) is 0 Å². The molecule has 0 heterocycles. The van der Waals surface area contributed by atoms with Gasteiger partial charge in [-0.1, -0.05) is 0 Å². The zero-order valence-electron chi connectivity index (χ0n) is 4.79. The van der Waals surface area contributed by atoms with E-state index in [1.807, 2.05) is 0 Å². The predicted molar refractivity (Wildman–Crippen MR) is 34.0 cm³/mol. The molecule has 0 radical (unpaired) electrons. The summed E-state index contributed by atoms with van der Waals surface area (Å²) < 4.78 is 0. The molecule has 3 nitrogen and oxygen atoms in total. The van der Waals surface area contributed by atoms with Gasteiger partial charge in [0.1, 0.15) is 0 Å². The maximum absolute atomic E-state index is 8.76. The van der Waals surface area contributed by atoms with Gasteiger partial charge in [0, 0.05) is 6.54 Å². The van der Waals surface area contributed by atoms with Crippen LogP contribution in [0.3, 0.4) is 0 Å². The summed E-state index contributed by atoms with van der Waals surface area (Å²) in [5.74, 6) is 0. The molecular weight excluding hydrogens is 130 g/mol. The third-order valence-corrected chi connectivity index (χ3v) is 0.780. The maximum Gasteiger partial charge on any atom is 0.0970 e. The zero-order valence-corrected chi connectivity index (χ0v) is 5.61. The van der Waals surface area contributed by atoms with Gasteiger partial charge in [-0.3, -0.25) is 0 Å². The van der Waals surface area contributed by atoms with Gasteiger partial charge in [-0.15, -0.1) is 12.4 Å². The van der Waals surface area contributed by atoms with E-state index in [2.05, 4.69) is 0 Å². The number of halogens is 1. The molecule has 0 fully saturated rings. The number of aliphatic hydroxyl groups excluding tert-OH is 1. The van der Waals surface area contributed by atoms with E-state index in [1.54, 1.807) is 0 Å². The largest absolute Gasteiger partial charge is 0.393 e. The summed E-state index contributed by atoms with van der Waals surface area (Å²) in [6.45, 7) is 1.31. The van der Waals surface area contributed by atoms with Crippen LogP contribution in [0.15, 0.2) is 0 Å². The smallest absolute Gasteiger partial charge is 0.0970 e. The van der Waals surface area contributed by atoms with Crippen LogP contribution in [0.1, 0.15) is 6.92 Å². The first-order valence-electron chi connectivity index (χ1n) is 2.16. The van der Waals surface area contributed by atoms with E-state index in [0.29, 0.717) is 0 Å². The number of nitrogens with two attached hydrogens (primary N) is 1. The van der Waals surface area contributed by atoms with E-state index in [9.17, 15) is 0 Å². The fourth-order valence-electron chi connectivity index (χ4n) is 0.0645. The second-order valence-corrected chi connectivity index (χ2v) is 1.86. The van der Waals surface area contributed by atoms with Crippen molar-refractivity contribution in [1.29, 1.82) is 0 Å². The lowest BCUT2D eigenvalue weighted by Crippen LogP contribution is -2.37. The molecule has 0 amide bonds. The molecule has 0 rings (SSSR count). The predicted octanol–water partition coefficient (Wildman–Crippen LogP) is -0.890. The summed E-state index contributed by atoms with van der Waals surface area (Å²) in [5, 5.41) is 17.0. The molecule has 0 saturated heterocycles. The molecule has 4 heteroatoms. The lowest BCUT2D eigenvalue weighted by Gasteiger charge is -2.15. The molecule has 0 aromatic rings. The van der Waals surface area contributed by atoms with Crippen LogP contribution in [0.5, 0.6) is 0 Å². The summed E-state index contributed by atoms with van der Waals surface area (Å²) in [7, 11) is 0. The van der Waals surface area contributed by atoms with E-state index < -0.39 is 5.60 Å². The maximum atomic E-state index is 8.76. The lowest BCUT2D eigenvalue weighted by molar-refractivity contribution is 0.00972. The van der Waals surface area contributed by atoms with Crippen LogP contribution in [-0.2, 0) is 0 Å². The average Bonchev–Trinajstić information content (AvgIpc) is 1.68. The molecule has 8 heavy (non-hydrogen) atoms. The van der Waals surface area contributed by atoms with Gasteiger partial charge in [0.2, 0.25) is 0 Å². The number of hydrogen-bond acceptors (Lipinski definition) is 3. The summed E-state index contributed by atoms with van der Waals surface area (Å²) in [5.41, 5.74) is 3.92. The van der Waals surface area contributed by atoms with Gasteiger partial charge in [-0.25, -0.2) is 0 Å².